The van der Waals surface area contributed by atoms with Gasteiger partial charge in [0.15, 0.2) is 0 Å². The van der Waals surface area contributed by atoms with Gasteiger partial charge in [-0.15, -0.1) is 22.7 Å². The van der Waals surface area contributed by atoms with E-state index in [0.29, 0.717) is 4.88 Å². The lowest BCUT2D eigenvalue weighted by Crippen LogP contribution is -2.22. The fourth-order valence-electron chi connectivity index (χ4n) is 1.16. The number of aromatic nitrogens is 1. The Morgan fingerprint density at radius 2 is 2.18 bits per heavy atom. The largest absolute Gasteiger partial charge is 0.391 e. The van der Waals surface area contributed by atoms with Crippen LogP contribution in [0, 0.1) is 0 Å². The van der Waals surface area contributed by atoms with Crippen LogP contribution >= 0.6 is 22.7 Å². The second-order valence-electron chi connectivity index (χ2n) is 3.20. The second kappa shape index (κ2) is 5.23. The number of aliphatic hydroxyl groups is 1. The maximum Gasteiger partial charge on any atom is 0.241 e. The zero-order valence-corrected chi connectivity index (χ0v) is 11.1. The van der Waals surface area contributed by atoms with Gasteiger partial charge in [-0.25, -0.2) is 13.1 Å². The molecule has 0 spiro atoms. The van der Waals surface area contributed by atoms with E-state index in [0.717, 1.165) is 4.88 Å². The Labute approximate surface area is 107 Å². The molecule has 0 bridgehead atoms. The summed E-state index contributed by atoms with van der Waals surface area (Å²) in [6.07, 6.45) is 1.62. The average molecular weight is 290 g/mol. The predicted octanol–water partition coefficient (Wildman–Crippen LogP) is 1.18. The normalized spacial score (nSPS) is 11.8. The molecule has 0 radical (unpaired) electrons. The number of hydrogen-bond donors (Lipinski definition) is 2. The molecule has 0 aliphatic rings. The molecule has 17 heavy (non-hydrogen) atoms. The molecule has 0 unspecified atom stereocenters. The van der Waals surface area contributed by atoms with E-state index < -0.39 is 10.0 Å². The number of thiazole rings is 1. The number of nitrogens with zero attached hydrogens (tertiary/aromatic N) is 1. The SMILES string of the molecule is O=S(=O)(NCc1cncs1)c1csc(CO)c1. The molecule has 0 atom stereocenters. The third kappa shape index (κ3) is 3.11. The highest BCUT2D eigenvalue weighted by Crippen LogP contribution is 2.19. The summed E-state index contributed by atoms with van der Waals surface area (Å²) in [6, 6.07) is 1.47. The highest BCUT2D eigenvalue weighted by Gasteiger charge is 2.15. The summed E-state index contributed by atoms with van der Waals surface area (Å²) in [6.45, 7) is 0.0896. The molecule has 5 nitrogen and oxygen atoms in total. The van der Waals surface area contributed by atoms with Gasteiger partial charge >= 0.3 is 0 Å². The standard InChI is InChI=1S/C9H10N2O3S3/c12-4-7-1-9(5-15-7)17(13,14)11-3-8-2-10-6-16-8/h1-2,5-6,11-12H,3-4H2. The van der Waals surface area contributed by atoms with Crippen molar-refractivity contribution >= 4 is 32.7 Å². The van der Waals surface area contributed by atoms with E-state index in [9.17, 15) is 8.42 Å². The van der Waals surface area contributed by atoms with E-state index in [1.165, 1.54) is 34.1 Å². The molecule has 0 aromatic carbocycles. The average Bonchev–Trinajstić information content (AvgIpc) is 2.98. The van der Waals surface area contributed by atoms with Gasteiger partial charge in [-0.1, -0.05) is 0 Å². The lowest BCUT2D eigenvalue weighted by molar-refractivity contribution is 0.285. The zero-order valence-electron chi connectivity index (χ0n) is 8.66. The minimum absolute atomic E-state index is 0.144. The van der Waals surface area contributed by atoms with Crippen molar-refractivity contribution in [2.24, 2.45) is 0 Å². The summed E-state index contributed by atoms with van der Waals surface area (Å²) in [4.78, 5) is 5.54. The van der Waals surface area contributed by atoms with Crippen molar-refractivity contribution in [2.45, 2.75) is 18.0 Å². The van der Waals surface area contributed by atoms with Crippen molar-refractivity contribution < 1.29 is 13.5 Å². The van der Waals surface area contributed by atoms with Crippen LogP contribution in [0.3, 0.4) is 0 Å². The van der Waals surface area contributed by atoms with Gasteiger partial charge in [0.2, 0.25) is 10.0 Å². The molecule has 2 heterocycles. The first-order valence-corrected chi connectivity index (χ1v) is 7.91. The van der Waals surface area contributed by atoms with Crippen LogP contribution in [0.25, 0.3) is 0 Å². The van der Waals surface area contributed by atoms with Crippen molar-refractivity contribution in [1.29, 1.82) is 0 Å². The Kier molecular flexibility index (Phi) is 3.89. The third-order valence-corrected chi connectivity index (χ3v) is 5.25. The summed E-state index contributed by atoms with van der Waals surface area (Å²) in [5.41, 5.74) is 1.65. The van der Waals surface area contributed by atoms with E-state index in [4.69, 9.17) is 5.11 Å². The monoisotopic (exact) mass is 290 g/mol. The molecule has 0 amide bonds. The molecular weight excluding hydrogens is 280 g/mol. The number of aliphatic hydroxyl groups excluding tert-OH is 1. The number of nitrogens with one attached hydrogen (secondary N) is 1. The van der Waals surface area contributed by atoms with Crippen LogP contribution in [0.15, 0.2) is 28.0 Å². The number of rotatable bonds is 5. The van der Waals surface area contributed by atoms with E-state index in [1.807, 2.05) is 0 Å². The summed E-state index contributed by atoms with van der Waals surface area (Å²) in [7, 11) is -3.50. The lowest BCUT2D eigenvalue weighted by Gasteiger charge is -2.02. The first kappa shape index (κ1) is 12.7. The van der Waals surface area contributed by atoms with Crippen molar-refractivity contribution in [3.8, 4) is 0 Å². The lowest BCUT2D eigenvalue weighted by atomic mass is 10.5. The van der Waals surface area contributed by atoms with Crippen LogP contribution in [0.5, 0.6) is 0 Å². The van der Waals surface area contributed by atoms with Crippen LogP contribution in [0.2, 0.25) is 0 Å². The Bertz CT molecular complexity index is 574. The summed E-state index contributed by atoms with van der Waals surface area (Å²) in [5, 5.41) is 10.4. The highest BCUT2D eigenvalue weighted by atomic mass is 32.2. The first-order chi connectivity index (χ1) is 8.12. The molecule has 2 N–H and O–H groups in total. The minimum Gasteiger partial charge on any atom is -0.391 e. The molecule has 0 aliphatic heterocycles. The number of thiophene rings is 1. The van der Waals surface area contributed by atoms with Gasteiger partial charge in [-0.2, -0.15) is 0 Å². The molecule has 0 saturated carbocycles. The fraction of sp³-hybridized carbons (Fsp3) is 0.222. The molecule has 2 rings (SSSR count). The van der Waals surface area contributed by atoms with Crippen molar-refractivity contribution in [3.63, 3.8) is 0 Å². The molecular formula is C9H10N2O3S3. The zero-order chi connectivity index (χ0) is 12.3. The van der Waals surface area contributed by atoms with Gasteiger partial charge in [0, 0.05) is 27.9 Å². The Morgan fingerprint density at radius 3 is 2.76 bits per heavy atom. The molecule has 0 fully saturated rings. The van der Waals surface area contributed by atoms with Gasteiger partial charge in [0.25, 0.3) is 0 Å². The van der Waals surface area contributed by atoms with Crippen LogP contribution < -0.4 is 4.72 Å². The van der Waals surface area contributed by atoms with Gasteiger partial charge < -0.3 is 5.11 Å². The Balaban J connectivity index is 2.08. The van der Waals surface area contributed by atoms with Gasteiger partial charge in [-0.05, 0) is 6.07 Å². The van der Waals surface area contributed by atoms with E-state index in [1.54, 1.807) is 11.7 Å². The summed E-state index contributed by atoms with van der Waals surface area (Å²) < 4.78 is 26.2. The van der Waals surface area contributed by atoms with Crippen LogP contribution in [-0.2, 0) is 23.2 Å². The Hall–Kier alpha value is -0.800. The fourth-order valence-corrected chi connectivity index (χ4v) is 3.93. The van der Waals surface area contributed by atoms with Crippen molar-refractivity contribution in [3.05, 3.63) is 32.9 Å². The van der Waals surface area contributed by atoms with Crippen molar-refractivity contribution in [2.75, 3.05) is 0 Å². The first-order valence-electron chi connectivity index (χ1n) is 4.67. The van der Waals surface area contributed by atoms with Gasteiger partial charge in [0.1, 0.15) is 0 Å². The molecule has 0 saturated heterocycles. The maximum absolute atomic E-state index is 11.9. The molecule has 8 heteroatoms. The molecule has 2 aromatic heterocycles. The topological polar surface area (TPSA) is 79.3 Å². The minimum atomic E-state index is -3.50. The predicted molar refractivity (Wildman–Crippen MR) is 66.4 cm³/mol. The molecule has 92 valence electrons. The molecule has 0 aliphatic carbocycles. The second-order valence-corrected chi connectivity index (χ2v) is 6.93. The van der Waals surface area contributed by atoms with Crippen LogP contribution in [0.4, 0.5) is 0 Å². The molecule has 2 aromatic rings. The van der Waals surface area contributed by atoms with E-state index >= 15 is 0 Å². The highest BCUT2D eigenvalue weighted by molar-refractivity contribution is 7.89. The summed E-state index contributed by atoms with van der Waals surface area (Å²) >= 11 is 2.61. The van der Waals surface area contributed by atoms with E-state index in [-0.39, 0.29) is 18.0 Å². The number of sulfonamides is 1. The van der Waals surface area contributed by atoms with Crippen molar-refractivity contribution in [1.82, 2.24) is 9.71 Å². The third-order valence-electron chi connectivity index (χ3n) is 2.02. The van der Waals surface area contributed by atoms with Crippen LogP contribution in [0.1, 0.15) is 9.75 Å². The quantitative estimate of drug-likeness (QED) is 0.866. The maximum atomic E-state index is 11.9. The summed E-state index contributed by atoms with van der Waals surface area (Å²) in [5.74, 6) is 0. The number of hydrogen-bond acceptors (Lipinski definition) is 6. The Morgan fingerprint density at radius 1 is 1.35 bits per heavy atom. The van der Waals surface area contributed by atoms with E-state index in [2.05, 4.69) is 9.71 Å². The smallest absolute Gasteiger partial charge is 0.241 e. The van der Waals surface area contributed by atoms with Crippen LogP contribution in [-0.4, -0.2) is 18.5 Å². The van der Waals surface area contributed by atoms with Gasteiger partial charge in [-0.3, -0.25) is 4.98 Å². The van der Waals surface area contributed by atoms with Gasteiger partial charge in [0.05, 0.1) is 17.0 Å².